The Balaban J connectivity index is 1.79. The third-order valence-corrected chi connectivity index (χ3v) is 6.45. The first kappa shape index (κ1) is 22.0. The van der Waals surface area contributed by atoms with Crippen molar-refractivity contribution in [3.63, 3.8) is 0 Å². The van der Waals surface area contributed by atoms with Gasteiger partial charge in [0, 0.05) is 48.5 Å². The molecule has 4 rings (SSSR count). The Morgan fingerprint density at radius 2 is 2.19 bits per heavy atom. The third kappa shape index (κ3) is 4.25. The fourth-order valence-corrected chi connectivity index (χ4v) is 4.59. The Bertz CT molecular complexity index is 1190. The Hall–Kier alpha value is -3.19. The average Bonchev–Trinajstić information content (AvgIpc) is 3.27. The van der Waals surface area contributed by atoms with Crippen molar-refractivity contribution in [2.75, 3.05) is 13.1 Å². The fourth-order valence-electron chi connectivity index (χ4n) is 4.59. The Morgan fingerprint density at radius 1 is 1.34 bits per heavy atom. The van der Waals surface area contributed by atoms with Crippen LogP contribution in [0.4, 0.5) is 4.39 Å². The molecule has 1 unspecified atom stereocenters. The second kappa shape index (κ2) is 9.53. The number of allylic oxidation sites excluding steroid dienone is 2. The van der Waals surface area contributed by atoms with Crippen molar-refractivity contribution >= 4 is 28.9 Å². The molecule has 0 amide bonds. The van der Waals surface area contributed by atoms with Crippen molar-refractivity contribution < 1.29 is 4.39 Å². The Morgan fingerprint density at radius 3 is 2.94 bits per heavy atom. The summed E-state index contributed by atoms with van der Waals surface area (Å²) in [4.78, 5) is 12.0. The van der Waals surface area contributed by atoms with Crippen LogP contribution in [0.1, 0.15) is 57.6 Å². The Labute approximate surface area is 190 Å². The number of rotatable bonds is 5. The number of hydrogen-bond donors (Lipinski definition) is 0. The van der Waals surface area contributed by atoms with Crippen molar-refractivity contribution in [3.05, 3.63) is 64.2 Å². The zero-order chi connectivity index (χ0) is 22.7. The summed E-state index contributed by atoms with van der Waals surface area (Å²) in [5.41, 5.74) is 4.28. The predicted molar refractivity (Wildman–Crippen MR) is 133 cm³/mol. The van der Waals surface area contributed by atoms with E-state index in [-0.39, 0.29) is 5.82 Å². The number of aliphatic imine (C=N–C) groups is 2. The number of likely N-dealkylation sites (tertiary alicyclic amines) is 1. The highest BCUT2D eigenvalue weighted by molar-refractivity contribution is 6.00. The quantitative estimate of drug-likeness (QED) is 0.391. The van der Waals surface area contributed by atoms with E-state index >= 15 is 0 Å². The number of halogens is 1. The standard InChI is InChI=1S/C28H30FN3/c1-5-20(4)27(24-11-7-10-21-12-13-25(29)23(6-2)26(21)24)31-17-22-14-15-30-28(22)32-16-8-9-19(3)18-32/h2,7,10-13,15,17,19H,5,8-9,14,16,18H2,1,3-4H3/b27-20-,31-17?. The molecule has 164 valence electrons. The van der Waals surface area contributed by atoms with Crippen molar-refractivity contribution in [1.29, 1.82) is 0 Å². The van der Waals surface area contributed by atoms with E-state index in [0.717, 1.165) is 64.9 Å². The molecule has 1 saturated heterocycles. The molecule has 0 spiro atoms. The van der Waals surface area contributed by atoms with Gasteiger partial charge in [-0.25, -0.2) is 9.38 Å². The summed E-state index contributed by atoms with van der Waals surface area (Å²) in [5.74, 6) is 3.90. The highest BCUT2D eigenvalue weighted by atomic mass is 19.1. The summed E-state index contributed by atoms with van der Waals surface area (Å²) >= 11 is 0. The van der Waals surface area contributed by atoms with E-state index in [9.17, 15) is 4.39 Å². The lowest BCUT2D eigenvalue weighted by atomic mass is 9.95. The van der Waals surface area contributed by atoms with Crippen LogP contribution in [0.5, 0.6) is 0 Å². The van der Waals surface area contributed by atoms with Gasteiger partial charge in [0.1, 0.15) is 11.6 Å². The molecule has 1 fully saturated rings. The largest absolute Gasteiger partial charge is 0.356 e. The lowest BCUT2D eigenvalue weighted by molar-refractivity contribution is 0.227. The first-order valence-corrected chi connectivity index (χ1v) is 11.5. The lowest BCUT2D eigenvalue weighted by Gasteiger charge is -2.32. The number of nitrogens with zero attached hydrogens (tertiary/aromatic N) is 3. The average molecular weight is 428 g/mol. The summed E-state index contributed by atoms with van der Waals surface area (Å²) in [6.07, 6.45) is 13.7. The van der Waals surface area contributed by atoms with Gasteiger partial charge in [-0.15, -0.1) is 6.42 Å². The van der Waals surface area contributed by atoms with E-state index in [1.807, 2.05) is 30.6 Å². The van der Waals surface area contributed by atoms with Crippen LogP contribution in [0.15, 0.2) is 57.3 Å². The van der Waals surface area contributed by atoms with Crippen molar-refractivity contribution in [1.82, 2.24) is 4.90 Å². The highest BCUT2D eigenvalue weighted by Crippen LogP contribution is 2.33. The zero-order valence-electron chi connectivity index (χ0n) is 19.2. The fraction of sp³-hybridized carbons (Fsp3) is 0.357. The predicted octanol–water partition coefficient (Wildman–Crippen LogP) is 6.59. The minimum atomic E-state index is -0.377. The van der Waals surface area contributed by atoms with E-state index in [0.29, 0.717) is 11.5 Å². The van der Waals surface area contributed by atoms with E-state index in [1.165, 1.54) is 18.9 Å². The summed E-state index contributed by atoms with van der Waals surface area (Å²) < 4.78 is 14.5. The molecule has 2 aromatic carbocycles. The third-order valence-electron chi connectivity index (χ3n) is 6.45. The van der Waals surface area contributed by atoms with Crippen molar-refractivity contribution in [2.45, 2.75) is 46.5 Å². The second-order valence-corrected chi connectivity index (χ2v) is 8.77. The van der Waals surface area contributed by atoms with Gasteiger partial charge in [-0.05, 0) is 49.1 Å². The smallest absolute Gasteiger partial charge is 0.139 e. The molecular formula is C28H30FN3. The minimum absolute atomic E-state index is 0.293. The molecule has 3 nitrogen and oxygen atoms in total. The van der Waals surface area contributed by atoms with Crippen molar-refractivity contribution in [3.8, 4) is 12.3 Å². The molecule has 4 heteroatoms. The van der Waals surface area contributed by atoms with Gasteiger partial charge in [0.25, 0.3) is 0 Å². The molecular weight excluding hydrogens is 397 g/mol. The summed E-state index contributed by atoms with van der Waals surface area (Å²) in [6, 6.07) is 9.15. The highest BCUT2D eigenvalue weighted by Gasteiger charge is 2.22. The molecule has 0 aromatic heterocycles. The van der Waals surface area contributed by atoms with Crippen molar-refractivity contribution in [2.24, 2.45) is 15.9 Å². The second-order valence-electron chi connectivity index (χ2n) is 8.77. The summed E-state index contributed by atoms with van der Waals surface area (Å²) in [6.45, 7) is 8.56. The van der Waals surface area contributed by atoms with Crippen LogP contribution in [0.2, 0.25) is 0 Å². The maximum absolute atomic E-state index is 14.5. The molecule has 0 saturated carbocycles. The molecule has 0 aliphatic carbocycles. The van der Waals surface area contributed by atoms with Gasteiger partial charge in [-0.2, -0.15) is 0 Å². The van der Waals surface area contributed by atoms with Gasteiger partial charge >= 0.3 is 0 Å². The molecule has 0 bridgehead atoms. The summed E-state index contributed by atoms with van der Waals surface area (Å²) in [7, 11) is 0. The number of terminal acetylenes is 1. The maximum Gasteiger partial charge on any atom is 0.139 e. The van der Waals surface area contributed by atoms with Gasteiger partial charge in [0.2, 0.25) is 0 Å². The van der Waals surface area contributed by atoms with Gasteiger partial charge < -0.3 is 4.90 Å². The molecule has 32 heavy (non-hydrogen) atoms. The van der Waals surface area contributed by atoms with E-state index in [1.54, 1.807) is 6.07 Å². The molecule has 2 aromatic rings. The SMILES string of the molecule is C#Cc1c(F)ccc2cccc(/C(N=CC3=C(N4CCCC(C)C4)N=CC3)=C(\C)CC)c12. The van der Waals surface area contributed by atoms with E-state index in [2.05, 4.69) is 36.6 Å². The van der Waals surface area contributed by atoms with Crippen LogP contribution < -0.4 is 0 Å². The molecule has 1 atom stereocenters. The molecule has 2 heterocycles. The van der Waals surface area contributed by atoms with Gasteiger partial charge in [0.15, 0.2) is 0 Å². The monoisotopic (exact) mass is 427 g/mol. The first-order valence-electron chi connectivity index (χ1n) is 11.5. The number of fused-ring (bicyclic) bond motifs is 1. The zero-order valence-corrected chi connectivity index (χ0v) is 19.2. The van der Waals surface area contributed by atoms with Crippen LogP contribution in [-0.2, 0) is 0 Å². The van der Waals surface area contributed by atoms with Gasteiger partial charge in [-0.3, -0.25) is 4.99 Å². The van der Waals surface area contributed by atoms with Crippen LogP contribution in [0.3, 0.4) is 0 Å². The normalized spacial score (nSPS) is 19.7. The number of hydrogen-bond acceptors (Lipinski definition) is 3. The lowest BCUT2D eigenvalue weighted by Crippen LogP contribution is -2.33. The molecule has 2 aliphatic rings. The van der Waals surface area contributed by atoms with Crippen LogP contribution in [0, 0.1) is 24.1 Å². The topological polar surface area (TPSA) is 28.0 Å². The molecule has 0 N–H and O–H groups in total. The van der Waals surface area contributed by atoms with Gasteiger partial charge in [-0.1, -0.05) is 44.0 Å². The first-order chi connectivity index (χ1) is 15.5. The number of piperidine rings is 1. The Kier molecular flexibility index (Phi) is 6.55. The van der Waals surface area contributed by atoms with Crippen LogP contribution in [0.25, 0.3) is 16.5 Å². The van der Waals surface area contributed by atoms with E-state index < -0.39 is 0 Å². The summed E-state index contributed by atoms with van der Waals surface area (Å²) in [5, 5.41) is 1.66. The maximum atomic E-state index is 14.5. The van der Waals surface area contributed by atoms with Crippen LogP contribution in [-0.4, -0.2) is 30.4 Å². The van der Waals surface area contributed by atoms with E-state index in [4.69, 9.17) is 11.4 Å². The molecule has 0 radical (unpaired) electrons. The minimum Gasteiger partial charge on any atom is -0.356 e. The molecule has 2 aliphatic heterocycles. The van der Waals surface area contributed by atoms with Crippen LogP contribution >= 0.6 is 0 Å². The van der Waals surface area contributed by atoms with Gasteiger partial charge in [0.05, 0.1) is 11.3 Å². The number of benzene rings is 2.